The van der Waals surface area contributed by atoms with Gasteiger partial charge >= 0.3 is 0 Å². The van der Waals surface area contributed by atoms with E-state index in [2.05, 4.69) is 22.0 Å². The Morgan fingerprint density at radius 1 is 1.03 bits per heavy atom. The monoisotopic (exact) mass is 436 g/mol. The van der Waals surface area contributed by atoms with E-state index in [1.54, 1.807) is 4.68 Å². The van der Waals surface area contributed by atoms with Crippen molar-refractivity contribution in [2.45, 2.75) is 46.6 Å². The minimum absolute atomic E-state index is 0.0231. The number of carbonyl (C=O) groups excluding carboxylic acids is 1. The highest BCUT2D eigenvalue weighted by atomic mass is 16.2. The molecule has 0 unspecified atom stereocenters. The van der Waals surface area contributed by atoms with Crippen LogP contribution in [0.2, 0.25) is 0 Å². The van der Waals surface area contributed by atoms with E-state index in [1.165, 1.54) is 4.68 Å². The fourth-order valence-corrected chi connectivity index (χ4v) is 4.58. The highest BCUT2D eigenvalue weighted by Crippen LogP contribution is 2.22. The molecule has 1 atom stereocenters. The fourth-order valence-electron chi connectivity index (χ4n) is 4.58. The van der Waals surface area contributed by atoms with Crippen molar-refractivity contribution in [2.75, 3.05) is 32.7 Å². The van der Waals surface area contributed by atoms with E-state index >= 15 is 0 Å². The number of hydrogen-bond donors (Lipinski definition) is 0. The molecule has 1 aromatic carbocycles. The molecule has 0 aliphatic carbocycles. The van der Waals surface area contributed by atoms with Crippen LogP contribution in [-0.4, -0.2) is 68.0 Å². The topological polar surface area (TPSA) is 76.3 Å². The molecule has 1 amide bonds. The van der Waals surface area contributed by atoms with E-state index in [9.17, 15) is 9.59 Å². The maximum Gasteiger partial charge on any atom is 0.278 e. The van der Waals surface area contributed by atoms with Gasteiger partial charge in [-0.05, 0) is 45.4 Å². The number of aromatic nitrogens is 4. The van der Waals surface area contributed by atoms with Crippen molar-refractivity contribution in [2.24, 2.45) is 0 Å². The van der Waals surface area contributed by atoms with E-state index in [0.29, 0.717) is 36.1 Å². The van der Waals surface area contributed by atoms with E-state index < -0.39 is 6.04 Å². The predicted octanol–water partition coefficient (Wildman–Crippen LogP) is 2.70. The van der Waals surface area contributed by atoms with Crippen LogP contribution >= 0.6 is 0 Å². The van der Waals surface area contributed by atoms with Crippen molar-refractivity contribution in [1.29, 1.82) is 0 Å². The Morgan fingerprint density at radius 2 is 1.72 bits per heavy atom. The summed E-state index contributed by atoms with van der Waals surface area (Å²) in [6.07, 6.45) is 1.62. The molecule has 0 saturated carbocycles. The lowest BCUT2D eigenvalue weighted by atomic mass is 10.1. The Morgan fingerprint density at radius 3 is 2.34 bits per heavy atom. The standard InChI is InChI=1S/C24H32N6O2/c1-5-12-27-13-15-28(16-14-27)23(31)20(6-2)30-24(32)21-18(4)29(19-10-8-7-9-11-19)26-22(21)17(3)25-30/h7-11,20H,5-6,12-16H2,1-4H3/t20-/m0/s1. The molecule has 0 spiro atoms. The fraction of sp³-hybridized carbons (Fsp3) is 0.500. The van der Waals surface area contributed by atoms with E-state index in [0.717, 1.165) is 37.4 Å². The van der Waals surface area contributed by atoms with Crippen molar-refractivity contribution < 1.29 is 4.79 Å². The molecule has 0 radical (unpaired) electrons. The van der Waals surface area contributed by atoms with Crippen molar-refractivity contribution in [3.8, 4) is 5.69 Å². The first-order valence-corrected chi connectivity index (χ1v) is 11.5. The molecule has 170 valence electrons. The average molecular weight is 437 g/mol. The second-order valence-electron chi connectivity index (χ2n) is 8.48. The van der Waals surface area contributed by atoms with E-state index in [1.807, 2.05) is 56.0 Å². The van der Waals surface area contributed by atoms with Crippen LogP contribution < -0.4 is 5.56 Å². The number of para-hydroxylation sites is 1. The van der Waals surface area contributed by atoms with Crippen molar-refractivity contribution in [1.82, 2.24) is 29.4 Å². The van der Waals surface area contributed by atoms with Gasteiger partial charge < -0.3 is 4.90 Å². The zero-order chi connectivity index (χ0) is 22.8. The van der Waals surface area contributed by atoms with Crippen LogP contribution in [0.4, 0.5) is 0 Å². The number of nitrogens with zero attached hydrogens (tertiary/aromatic N) is 6. The van der Waals surface area contributed by atoms with E-state index in [4.69, 9.17) is 0 Å². The molecule has 0 N–H and O–H groups in total. The number of piperazine rings is 1. The molecule has 3 heterocycles. The first kappa shape index (κ1) is 22.2. The molecule has 0 bridgehead atoms. The lowest BCUT2D eigenvalue weighted by molar-refractivity contribution is -0.137. The van der Waals surface area contributed by atoms with Gasteiger partial charge in [0.25, 0.3) is 5.56 Å². The van der Waals surface area contributed by atoms with Crippen LogP contribution in [0.3, 0.4) is 0 Å². The Hall–Kier alpha value is -3.00. The number of benzene rings is 1. The van der Waals surface area contributed by atoms with Gasteiger partial charge in [-0.1, -0.05) is 32.0 Å². The molecule has 32 heavy (non-hydrogen) atoms. The molecule has 3 aromatic rings. The summed E-state index contributed by atoms with van der Waals surface area (Å²) in [5.74, 6) is -0.0231. The third kappa shape index (κ3) is 3.95. The maximum atomic E-state index is 13.5. The summed E-state index contributed by atoms with van der Waals surface area (Å²) >= 11 is 0. The van der Waals surface area contributed by atoms with Crippen LogP contribution in [0.15, 0.2) is 35.1 Å². The van der Waals surface area contributed by atoms with Crippen LogP contribution in [-0.2, 0) is 4.79 Å². The number of aryl methyl sites for hydroxylation is 2. The Kier molecular flexibility index (Phi) is 6.41. The summed E-state index contributed by atoms with van der Waals surface area (Å²) < 4.78 is 3.17. The second-order valence-corrected chi connectivity index (χ2v) is 8.48. The number of rotatable bonds is 6. The predicted molar refractivity (Wildman–Crippen MR) is 125 cm³/mol. The minimum Gasteiger partial charge on any atom is -0.338 e. The Labute approximate surface area is 188 Å². The van der Waals surface area contributed by atoms with Gasteiger partial charge in [0.1, 0.15) is 11.6 Å². The summed E-state index contributed by atoms with van der Waals surface area (Å²) in [7, 11) is 0. The molecule has 2 aromatic heterocycles. The van der Waals surface area contributed by atoms with Gasteiger partial charge in [-0.25, -0.2) is 9.36 Å². The van der Waals surface area contributed by atoms with Gasteiger partial charge in [0.05, 0.1) is 22.5 Å². The lowest BCUT2D eigenvalue weighted by Crippen LogP contribution is -2.51. The van der Waals surface area contributed by atoms with E-state index in [-0.39, 0.29) is 11.5 Å². The van der Waals surface area contributed by atoms with Gasteiger partial charge in [-0.2, -0.15) is 10.2 Å². The lowest BCUT2D eigenvalue weighted by Gasteiger charge is -2.36. The first-order valence-electron chi connectivity index (χ1n) is 11.5. The zero-order valence-electron chi connectivity index (χ0n) is 19.4. The maximum absolute atomic E-state index is 13.5. The third-order valence-electron chi connectivity index (χ3n) is 6.33. The van der Waals surface area contributed by atoms with Crippen LogP contribution in [0.1, 0.15) is 44.1 Å². The number of amides is 1. The molecule has 4 rings (SSSR count). The summed E-state index contributed by atoms with van der Waals surface area (Å²) in [4.78, 5) is 31.2. The Balaban J connectivity index is 1.70. The molecular formula is C24H32N6O2. The highest BCUT2D eigenvalue weighted by Gasteiger charge is 2.30. The number of fused-ring (bicyclic) bond motifs is 1. The summed E-state index contributed by atoms with van der Waals surface area (Å²) in [6, 6.07) is 9.13. The molecule has 1 saturated heterocycles. The van der Waals surface area contributed by atoms with Crippen molar-refractivity contribution in [3.05, 3.63) is 52.1 Å². The number of hydrogen-bond acceptors (Lipinski definition) is 5. The SMILES string of the molecule is CCCN1CCN(C(=O)[C@H](CC)n2nc(C)c3nn(-c4ccccc4)c(C)c3c2=O)CC1. The quantitative estimate of drug-likeness (QED) is 0.594. The van der Waals surface area contributed by atoms with Crippen molar-refractivity contribution >= 4 is 16.8 Å². The zero-order valence-corrected chi connectivity index (χ0v) is 19.4. The Bertz CT molecular complexity index is 1160. The summed E-state index contributed by atoms with van der Waals surface area (Å²) in [5, 5.41) is 9.75. The van der Waals surface area contributed by atoms with Crippen LogP contribution in [0.5, 0.6) is 0 Å². The third-order valence-corrected chi connectivity index (χ3v) is 6.33. The highest BCUT2D eigenvalue weighted by molar-refractivity contribution is 5.84. The van der Waals surface area contributed by atoms with Gasteiger partial charge in [-0.3, -0.25) is 14.5 Å². The van der Waals surface area contributed by atoms with Crippen LogP contribution in [0.25, 0.3) is 16.6 Å². The first-order chi connectivity index (χ1) is 15.5. The minimum atomic E-state index is -0.609. The van der Waals surface area contributed by atoms with Gasteiger partial charge in [0, 0.05) is 26.2 Å². The number of carbonyl (C=O) groups is 1. The second kappa shape index (κ2) is 9.24. The molecule has 1 aliphatic heterocycles. The van der Waals surface area contributed by atoms with Crippen LogP contribution in [0, 0.1) is 13.8 Å². The van der Waals surface area contributed by atoms with Gasteiger partial charge in [0.2, 0.25) is 5.91 Å². The summed E-state index contributed by atoms with van der Waals surface area (Å²) in [6.45, 7) is 12.0. The molecular weight excluding hydrogens is 404 g/mol. The molecule has 1 aliphatic rings. The molecule has 8 heteroatoms. The molecule has 8 nitrogen and oxygen atoms in total. The average Bonchev–Trinajstić information content (AvgIpc) is 3.17. The summed E-state index contributed by atoms with van der Waals surface area (Å²) in [5.41, 5.74) is 2.63. The normalized spacial score (nSPS) is 15.9. The smallest absolute Gasteiger partial charge is 0.278 e. The van der Waals surface area contributed by atoms with Gasteiger partial charge in [-0.15, -0.1) is 0 Å². The van der Waals surface area contributed by atoms with Crippen molar-refractivity contribution in [3.63, 3.8) is 0 Å². The van der Waals surface area contributed by atoms with Gasteiger partial charge in [0.15, 0.2) is 0 Å². The molecule has 1 fully saturated rings. The largest absolute Gasteiger partial charge is 0.338 e.